The largest absolute Gasteiger partial charge is 0.372 e. The Morgan fingerprint density at radius 2 is 1.86 bits per heavy atom. The fourth-order valence-electron chi connectivity index (χ4n) is 1.92. The number of rotatable bonds is 3. The number of aromatic nitrogens is 3. The monoisotopic (exact) mass is 293 g/mol. The normalized spacial score (nSPS) is 10.9. The molecule has 21 heavy (non-hydrogen) atoms. The summed E-state index contributed by atoms with van der Waals surface area (Å²) in [6, 6.07) is 1.19. The van der Waals surface area contributed by atoms with E-state index >= 15 is 0 Å². The van der Waals surface area contributed by atoms with Gasteiger partial charge in [0, 0.05) is 31.6 Å². The van der Waals surface area contributed by atoms with Crippen LogP contribution in [0.25, 0.3) is 5.65 Å². The molecule has 3 aromatic rings. The maximum Gasteiger partial charge on any atom is 0.180 e. The van der Waals surface area contributed by atoms with E-state index < -0.39 is 23.1 Å². The second-order valence-electron chi connectivity index (χ2n) is 4.25. The minimum atomic E-state index is -1.05. The zero-order valence-corrected chi connectivity index (χ0v) is 10.9. The van der Waals surface area contributed by atoms with E-state index in [1.807, 2.05) is 0 Å². The third-order valence-electron chi connectivity index (χ3n) is 2.88. The minimum Gasteiger partial charge on any atom is -0.372 e. The summed E-state index contributed by atoms with van der Waals surface area (Å²) < 4.78 is 41.9. The number of hydrogen-bond donors (Lipinski definition) is 2. The number of benzene rings is 1. The highest BCUT2D eigenvalue weighted by Gasteiger charge is 2.15. The smallest absolute Gasteiger partial charge is 0.180 e. The first-order valence-electron chi connectivity index (χ1n) is 6.01. The molecule has 0 saturated heterocycles. The highest BCUT2D eigenvalue weighted by Crippen LogP contribution is 2.26. The van der Waals surface area contributed by atoms with Crippen molar-refractivity contribution in [2.45, 2.75) is 0 Å². The van der Waals surface area contributed by atoms with Gasteiger partial charge in [0.1, 0.15) is 17.3 Å². The molecule has 0 aliphatic heterocycles. The molecule has 0 fully saturated rings. The molecular weight excluding hydrogens is 283 g/mol. The van der Waals surface area contributed by atoms with Crippen molar-refractivity contribution in [3.05, 3.63) is 48.2 Å². The maximum atomic E-state index is 13.7. The third kappa shape index (κ3) is 2.35. The number of nitrogens with zero attached hydrogens (tertiary/aromatic N) is 3. The van der Waals surface area contributed by atoms with Crippen LogP contribution in [0.1, 0.15) is 0 Å². The molecule has 0 unspecified atom stereocenters. The molecule has 2 heterocycles. The number of halogens is 3. The Labute approximate surface area is 117 Å². The van der Waals surface area contributed by atoms with Gasteiger partial charge in [-0.15, -0.1) is 0 Å². The van der Waals surface area contributed by atoms with Crippen LogP contribution in [0.4, 0.5) is 30.5 Å². The van der Waals surface area contributed by atoms with E-state index in [9.17, 15) is 13.2 Å². The van der Waals surface area contributed by atoms with Crippen LogP contribution in [-0.2, 0) is 0 Å². The van der Waals surface area contributed by atoms with Crippen LogP contribution in [0.5, 0.6) is 0 Å². The molecule has 2 N–H and O–H groups in total. The molecule has 5 nitrogen and oxygen atoms in total. The van der Waals surface area contributed by atoms with Gasteiger partial charge in [0.2, 0.25) is 0 Å². The van der Waals surface area contributed by atoms with E-state index in [4.69, 9.17) is 0 Å². The first-order chi connectivity index (χ1) is 10.1. The Morgan fingerprint density at radius 3 is 2.52 bits per heavy atom. The summed E-state index contributed by atoms with van der Waals surface area (Å²) in [5.74, 6) is -2.46. The number of anilines is 3. The standard InChI is InChI=1S/C13H10F3N5/c1-17-10-6-21-3-2-18-13(21)12(19-10)20-11-8(15)4-7(14)5-9(11)16/h2-6,17H,1H3,(H,19,20). The van der Waals surface area contributed by atoms with Crippen LogP contribution in [0.3, 0.4) is 0 Å². The molecule has 1 aromatic carbocycles. The fourth-order valence-corrected chi connectivity index (χ4v) is 1.92. The molecule has 3 rings (SSSR count). The van der Waals surface area contributed by atoms with Crippen LogP contribution < -0.4 is 10.6 Å². The topological polar surface area (TPSA) is 54.2 Å². The molecule has 8 heteroatoms. The molecule has 0 aliphatic carbocycles. The highest BCUT2D eigenvalue weighted by atomic mass is 19.1. The lowest BCUT2D eigenvalue weighted by Crippen LogP contribution is -2.05. The summed E-state index contributed by atoms with van der Waals surface area (Å²) in [6.07, 6.45) is 4.87. The second kappa shape index (κ2) is 4.97. The lowest BCUT2D eigenvalue weighted by atomic mass is 10.2. The summed E-state index contributed by atoms with van der Waals surface area (Å²) in [4.78, 5) is 8.22. The quantitative estimate of drug-likeness (QED) is 0.779. The molecular formula is C13H10F3N5. The van der Waals surface area contributed by atoms with E-state index in [0.717, 1.165) is 0 Å². The number of nitrogens with one attached hydrogen (secondary N) is 2. The van der Waals surface area contributed by atoms with Crippen molar-refractivity contribution >= 4 is 23.0 Å². The Morgan fingerprint density at radius 1 is 1.14 bits per heavy atom. The predicted octanol–water partition coefficient (Wildman–Crippen LogP) is 2.93. The maximum absolute atomic E-state index is 13.7. The van der Waals surface area contributed by atoms with Crippen molar-refractivity contribution in [1.29, 1.82) is 0 Å². The average molecular weight is 293 g/mol. The van der Waals surface area contributed by atoms with Gasteiger partial charge in [0.05, 0.1) is 6.20 Å². The SMILES string of the molecule is CNc1cn2ccnc2c(Nc2c(F)cc(F)cc2F)n1. The first-order valence-corrected chi connectivity index (χ1v) is 6.01. The predicted molar refractivity (Wildman–Crippen MR) is 72.1 cm³/mol. The van der Waals surface area contributed by atoms with Gasteiger partial charge >= 0.3 is 0 Å². The Hall–Kier alpha value is -2.77. The Bertz CT molecular complexity index is 792. The molecule has 2 aromatic heterocycles. The van der Waals surface area contributed by atoms with Gasteiger partial charge in [0.25, 0.3) is 0 Å². The number of imidazole rings is 1. The Kier molecular flexibility index (Phi) is 3.13. The van der Waals surface area contributed by atoms with Gasteiger partial charge in [-0.2, -0.15) is 0 Å². The van der Waals surface area contributed by atoms with Crippen LogP contribution in [0.15, 0.2) is 30.7 Å². The van der Waals surface area contributed by atoms with Crippen LogP contribution in [-0.4, -0.2) is 21.4 Å². The van der Waals surface area contributed by atoms with Crippen molar-refractivity contribution in [2.75, 3.05) is 17.7 Å². The van der Waals surface area contributed by atoms with Gasteiger partial charge in [-0.1, -0.05) is 0 Å². The summed E-state index contributed by atoms with van der Waals surface area (Å²) in [7, 11) is 1.66. The van der Waals surface area contributed by atoms with E-state index in [2.05, 4.69) is 20.6 Å². The summed E-state index contributed by atoms with van der Waals surface area (Å²) >= 11 is 0. The van der Waals surface area contributed by atoms with Crippen molar-refractivity contribution in [3.63, 3.8) is 0 Å². The van der Waals surface area contributed by atoms with Crippen LogP contribution in [0.2, 0.25) is 0 Å². The molecule has 0 atom stereocenters. The van der Waals surface area contributed by atoms with Gasteiger partial charge in [0.15, 0.2) is 23.1 Å². The molecule has 0 saturated carbocycles. The van der Waals surface area contributed by atoms with E-state index in [-0.39, 0.29) is 5.82 Å². The van der Waals surface area contributed by atoms with Crippen molar-refractivity contribution in [1.82, 2.24) is 14.4 Å². The van der Waals surface area contributed by atoms with Crippen molar-refractivity contribution in [3.8, 4) is 0 Å². The minimum absolute atomic E-state index is 0.149. The van der Waals surface area contributed by atoms with Crippen molar-refractivity contribution in [2.24, 2.45) is 0 Å². The zero-order chi connectivity index (χ0) is 15.0. The molecule has 0 aliphatic rings. The molecule has 0 bridgehead atoms. The van der Waals surface area contributed by atoms with Gasteiger partial charge < -0.3 is 15.0 Å². The lowest BCUT2D eigenvalue weighted by Gasteiger charge is -2.11. The average Bonchev–Trinajstić information content (AvgIpc) is 2.90. The second-order valence-corrected chi connectivity index (χ2v) is 4.25. The molecule has 108 valence electrons. The first kappa shape index (κ1) is 13.2. The van der Waals surface area contributed by atoms with Gasteiger partial charge in [-0.05, 0) is 0 Å². The van der Waals surface area contributed by atoms with E-state index in [1.54, 1.807) is 23.8 Å². The third-order valence-corrected chi connectivity index (χ3v) is 2.88. The number of hydrogen-bond acceptors (Lipinski definition) is 4. The summed E-state index contributed by atoms with van der Waals surface area (Å²) in [5.41, 5.74) is -0.0980. The van der Waals surface area contributed by atoms with E-state index in [1.165, 1.54) is 6.20 Å². The van der Waals surface area contributed by atoms with Crippen molar-refractivity contribution < 1.29 is 13.2 Å². The molecule has 0 amide bonds. The summed E-state index contributed by atoms with van der Waals surface area (Å²) in [6.45, 7) is 0. The highest BCUT2D eigenvalue weighted by molar-refractivity contribution is 5.72. The fraction of sp³-hybridized carbons (Fsp3) is 0.0769. The van der Waals surface area contributed by atoms with Gasteiger partial charge in [-0.3, -0.25) is 0 Å². The summed E-state index contributed by atoms with van der Waals surface area (Å²) in [5, 5.41) is 5.35. The van der Waals surface area contributed by atoms with E-state index in [0.29, 0.717) is 23.6 Å². The van der Waals surface area contributed by atoms with Crippen LogP contribution >= 0.6 is 0 Å². The lowest BCUT2D eigenvalue weighted by molar-refractivity contribution is 0.549. The molecule has 0 radical (unpaired) electrons. The van der Waals surface area contributed by atoms with Crippen LogP contribution in [0, 0.1) is 17.5 Å². The van der Waals surface area contributed by atoms with Gasteiger partial charge in [-0.25, -0.2) is 23.1 Å². The zero-order valence-electron chi connectivity index (χ0n) is 10.9. The molecule has 0 spiro atoms. The number of fused-ring (bicyclic) bond motifs is 1. The Balaban J connectivity index is 2.11.